The summed E-state index contributed by atoms with van der Waals surface area (Å²) in [6.07, 6.45) is 4.19. The molecule has 3 nitrogen and oxygen atoms in total. The largest absolute Gasteiger partial charge is 0.439 e. The number of halogens is 2. The maximum absolute atomic E-state index is 13.1. The summed E-state index contributed by atoms with van der Waals surface area (Å²) in [5.41, 5.74) is 1.90. The number of aryl methyl sites for hydroxylation is 1. The van der Waals surface area contributed by atoms with Crippen LogP contribution in [0.5, 0.6) is 11.6 Å². The molecule has 1 heterocycles. The minimum absolute atomic E-state index is 0.104. The summed E-state index contributed by atoms with van der Waals surface area (Å²) < 4.78 is 31.7. The lowest BCUT2D eigenvalue weighted by Gasteiger charge is -2.10. The van der Waals surface area contributed by atoms with Crippen LogP contribution in [0.3, 0.4) is 0 Å². The maximum Gasteiger partial charge on any atom is 0.222 e. The average Bonchev–Trinajstić information content (AvgIpc) is 3.22. The molecule has 1 fully saturated rings. The highest BCUT2D eigenvalue weighted by Gasteiger charge is 2.20. The topological polar surface area (TPSA) is 34.2 Å². The lowest BCUT2D eigenvalue weighted by molar-refractivity contribution is 0.447. The first kappa shape index (κ1) is 13.9. The van der Waals surface area contributed by atoms with E-state index in [-0.39, 0.29) is 5.75 Å². The van der Waals surface area contributed by atoms with Crippen LogP contribution < -0.4 is 10.1 Å². The number of hydrogen-bond acceptors (Lipinski definition) is 3. The Bertz CT molecular complexity index is 636. The van der Waals surface area contributed by atoms with Crippen molar-refractivity contribution < 1.29 is 13.5 Å². The molecule has 2 aromatic rings. The molecule has 0 unspecified atom stereocenters. The van der Waals surface area contributed by atoms with Gasteiger partial charge in [-0.15, -0.1) is 0 Å². The number of rotatable bonds is 5. The number of pyridine rings is 1. The second-order valence-corrected chi connectivity index (χ2v) is 5.33. The third-order valence-corrected chi connectivity index (χ3v) is 3.31. The molecule has 0 atom stereocenters. The third-order valence-electron chi connectivity index (χ3n) is 3.31. The Morgan fingerprint density at radius 1 is 1.19 bits per heavy atom. The van der Waals surface area contributed by atoms with Crippen molar-refractivity contribution in [3.8, 4) is 11.6 Å². The van der Waals surface area contributed by atoms with Gasteiger partial charge >= 0.3 is 0 Å². The highest BCUT2D eigenvalue weighted by atomic mass is 19.1. The van der Waals surface area contributed by atoms with E-state index < -0.39 is 11.6 Å². The van der Waals surface area contributed by atoms with Gasteiger partial charge in [-0.2, -0.15) is 0 Å². The Labute approximate surface area is 122 Å². The molecule has 0 radical (unpaired) electrons. The predicted octanol–water partition coefficient (Wildman–Crippen LogP) is 3.71. The van der Waals surface area contributed by atoms with Crippen LogP contribution in [0.15, 0.2) is 30.5 Å². The molecule has 1 aromatic heterocycles. The minimum Gasteiger partial charge on any atom is -0.439 e. The third kappa shape index (κ3) is 3.76. The van der Waals surface area contributed by atoms with Crippen LogP contribution in [0.1, 0.15) is 24.0 Å². The summed E-state index contributed by atoms with van der Waals surface area (Å²) in [7, 11) is 0. The lowest BCUT2D eigenvalue weighted by Crippen LogP contribution is -2.15. The van der Waals surface area contributed by atoms with Gasteiger partial charge in [-0.05, 0) is 31.4 Å². The van der Waals surface area contributed by atoms with E-state index in [0.717, 1.165) is 35.9 Å². The van der Waals surface area contributed by atoms with Gasteiger partial charge < -0.3 is 10.1 Å². The van der Waals surface area contributed by atoms with Crippen LogP contribution in [0.4, 0.5) is 8.78 Å². The maximum atomic E-state index is 13.1. The molecule has 0 amide bonds. The van der Waals surface area contributed by atoms with E-state index in [0.29, 0.717) is 11.9 Å². The molecule has 1 aromatic carbocycles. The SMILES string of the molecule is Cc1cc(CNC2CC2)cnc1Oc1cc(F)cc(F)c1. The summed E-state index contributed by atoms with van der Waals surface area (Å²) in [4.78, 5) is 4.22. The molecular weight excluding hydrogens is 274 g/mol. The number of nitrogens with zero attached hydrogens (tertiary/aromatic N) is 1. The van der Waals surface area contributed by atoms with Crippen molar-refractivity contribution in [2.24, 2.45) is 0 Å². The van der Waals surface area contributed by atoms with Gasteiger partial charge in [0.05, 0.1) is 0 Å². The van der Waals surface area contributed by atoms with Crippen molar-refractivity contribution in [3.63, 3.8) is 0 Å². The fourth-order valence-corrected chi connectivity index (χ4v) is 2.07. The summed E-state index contributed by atoms with van der Waals surface area (Å²) >= 11 is 0. The molecule has 1 aliphatic rings. The molecule has 0 aliphatic heterocycles. The molecule has 0 bridgehead atoms. The first-order valence-electron chi connectivity index (χ1n) is 6.93. The average molecular weight is 290 g/mol. The molecule has 3 rings (SSSR count). The van der Waals surface area contributed by atoms with Gasteiger partial charge in [0.1, 0.15) is 17.4 Å². The van der Waals surface area contributed by atoms with Crippen molar-refractivity contribution in [2.75, 3.05) is 0 Å². The van der Waals surface area contributed by atoms with E-state index in [1.54, 1.807) is 6.20 Å². The Morgan fingerprint density at radius 3 is 2.52 bits per heavy atom. The molecule has 1 saturated carbocycles. The Kier molecular flexibility index (Phi) is 3.84. The van der Waals surface area contributed by atoms with E-state index >= 15 is 0 Å². The van der Waals surface area contributed by atoms with E-state index in [9.17, 15) is 8.78 Å². The fraction of sp³-hybridized carbons (Fsp3) is 0.312. The monoisotopic (exact) mass is 290 g/mol. The van der Waals surface area contributed by atoms with Crippen molar-refractivity contribution in [3.05, 3.63) is 53.2 Å². The number of benzene rings is 1. The number of aromatic nitrogens is 1. The highest BCUT2D eigenvalue weighted by Crippen LogP contribution is 2.25. The van der Waals surface area contributed by atoms with Crippen LogP contribution >= 0.6 is 0 Å². The van der Waals surface area contributed by atoms with Crippen molar-refractivity contribution in [1.82, 2.24) is 10.3 Å². The van der Waals surface area contributed by atoms with Crippen LogP contribution in [0.2, 0.25) is 0 Å². The van der Waals surface area contributed by atoms with Gasteiger partial charge in [-0.3, -0.25) is 0 Å². The number of hydrogen-bond donors (Lipinski definition) is 1. The van der Waals surface area contributed by atoms with Crippen molar-refractivity contribution in [1.29, 1.82) is 0 Å². The van der Waals surface area contributed by atoms with Gasteiger partial charge in [0.25, 0.3) is 0 Å². The molecule has 0 spiro atoms. The van der Waals surface area contributed by atoms with E-state index in [2.05, 4.69) is 10.3 Å². The molecular formula is C16H16F2N2O. The lowest BCUT2D eigenvalue weighted by atomic mass is 10.2. The molecule has 110 valence electrons. The second kappa shape index (κ2) is 5.77. The van der Waals surface area contributed by atoms with E-state index in [1.165, 1.54) is 12.8 Å². The number of ether oxygens (including phenoxy) is 1. The summed E-state index contributed by atoms with van der Waals surface area (Å²) in [6, 6.07) is 5.67. The van der Waals surface area contributed by atoms with Crippen molar-refractivity contribution in [2.45, 2.75) is 32.4 Å². The van der Waals surface area contributed by atoms with Gasteiger partial charge in [-0.1, -0.05) is 0 Å². The molecule has 0 saturated heterocycles. The summed E-state index contributed by atoms with van der Waals surface area (Å²) in [5.74, 6) is -0.886. The van der Waals surface area contributed by atoms with Crippen molar-refractivity contribution >= 4 is 0 Å². The molecule has 1 aliphatic carbocycles. The first-order chi connectivity index (χ1) is 10.1. The smallest absolute Gasteiger partial charge is 0.222 e. The van der Waals surface area contributed by atoms with Gasteiger partial charge in [0.15, 0.2) is 0 Å². The fourth-order valence-electron chi connectivity index (χ4n) is 2.07. The van der Waals surface area contributed by atoms with Crippen LogP contribution in [0, 0.1) is 18.6 Å². The van der Waals surface area contributed by atoms with E-state index in [1.807, 2.05) is 13.0 Å². The minimum atomic E-state index is -0.673. The zero-order valence-electron chi connectivity index (χ0n) is 11.7. The summed E-state index contributed by atoms with van der Waals surface area (Å²) in [6.45, 7) is 2.63. The Hall–Kier alpha value is -2.01. The van der Waals surface area contributed by atoms with Crippen LogP contribution in [-0.4, -0.2) is 11.0 Å². The zero-order chi connectivity index (χ0) is 14.8. The molecule has 21 heavy (non-hydrogen) atoms. The van der Waals surface area contributed by atoms with Gasteiger partial charge in [0, 0.05) is 42.5 Å². The normalized spacial score (nSPS) is 14.2. The van der Waals surface area contributed by atoms with Gasteiger partial charge in [-0.25, -0.2) is 13.8 Å². The van der Waals surface area contributed by atoms with Gasteiger partial charge in [0.2, 0.25) is 5.88 Å². The van der Waals surface area contributed by atoms with Crippen LogP contribution in [0.25, 0.3) is 0 Å². The standard InChI is InChI=1S/C16H16F2N2O/c1-10-4-11(8-19-14-2-3-14)9-20-16(10)21-15-6-12(17)5-13(18)7-15/h4-7,9,14,19H,2-3,8H2,1H3. The first-order valence-corrected chi connectivity index (χ1v) is 6.93. The van der Waals surface area contributed by atoms with Crippen LogP contribution in [-0.2, 0) is 6.54 Å². The Morgan fingerprint density at radius 2 is 1.90 bits per heavy atom. The van der Waals surface area contributed by atoms with E-state index in [4.69, 9.17) is 4.74 Å². The number of nitrogens with one attached hydrogen (secondary N) is 1. The zero-order valence-corrected chi connectivity index (χ0v) is 11.7. The highest BCUT2D eigenvalue weighted by molar-refractivity contribution is 5.34. The molecule has 1 N–H and O–H groups in total. The molecule has 5 heteroatoms. The second-order valence-electron chi connectivity index (χ2n) is 5.33. The quantitative estimate of drug-likeness (QED) is 0.911. The summed E-state index contributed by atoms with van der Waals surface area (Å²) in [5, 5.41) is 3.40. The Balaban J connectivity index is 1.72. The predicted molar refractivity (Wildman–Crippen MR) is 75.3 cm³/mol.